The minimum absolute atomic E-state index is 0.0799. The molecule has 24 heavy (non-hydrogen) atoms. The van der Waals surface area contributed by atoms with Crippen molar-refractivity contribution in [3.63, 3.8) is 0 Å². The van der Waals surface area contributed by atoms with E-state index in [1.807, 2.05) is 41.3 Å². The maximum Gasteiger partial charge on any atom is 0.224 e. The second-order valence-electron chi connectivity index (χ2n) is 6.38. The number of nitrogens with zero attached hydrogens (tertiary/aromatic N) is 1. The summed E-state index contributed by atoms with van der Waals surface area (Å²) in [6.07, 6.45) is 1.95. The highest BCUT2D eigenvalue weighted by Gasteiger charge is 2.26. The molecule has 0 aromatic heterocycles. The van der Waals surface area contributed by atoms with E-state index >= 15 is 0 Å². The number of anilines is 2. The maximum absolute atomic E-state index is 12.0. The van der Waals surface area contributed by atoms with Crippen LogP contribution in [0.1, 0.15) is 32.8 Å². The van der Waals surface area contributed by atoms with Gasteiger partial charge in [-0.1, -0.05) is 18.2 Å². The summed E-state index contributed by atoms with van der Waals surface area (Å²) in [7, 11) is 0. The number of rotatable bonds is 2. The predicted octanol–water partition coefficient (Wildman–Crippen LogP) is 4.00. The average Bonchev–Trinajstić information content (AvgIpc) is 2.53. The van der Waals surface area contributed by atoms with Crippen molar-refractivity contribution in [2.45, 2.75) is 39.7 Å². The number of amides is 2. The smallest absolute Gasteiger partial charge is 0.224 e. The molecule has 4 nitrogen and oxygen atoms in total. The number of hydrogen-bond acceptors (Lipinski definition) is 2. The van der Waals surface area contributed by atoms with E-state index in [0.717, 1.165) is 35.3 Å². The summed E-state index contributed by atoms with van der Waals surface area (Å²) in [4.78, 5) is 25.1. The fraction of sp³-hybridized carbons (Fsp3) is 0.300. The molecule has 1 aliphatic rings. The van der Waals surface area contributed by atoms with Gasteiger partial charge in [0.1, 0.15) is 0 Å². The molecule has 2 aromatic carbocycles. The van der Waals surface area contributed by atoms with Crippen LogP contribution in [0, 0.1) is 0 Å². The number of carbonyl (C=O) groups excluding carboxylic acids is 2. The second-order valence-corrected chi connectivity index (χ2v) is 6.38. The Morgan fingerprint density at radius 2 is 1.83 bits per heavy atom. The van der Waals surface area contributed by atoms with E-state index < -0.39 is 0 Å². The van der Waals surface area contributed by atoms with Crippen molar-refractivity contribution < 1.29 is 9.59 Å². The van der Waals surface area contributed by atoms with Crippen LogP contribution in [-0.4, -0.2) is 17.9 Å². The fourth-order valence-corrected chi connectivity index (χ4v) is 3.39. The molecule has 0 saturated carbocycles. The lowest BCUT2D eigenvalue weighted by molar-refractivity contribution is -0.117. The van der Waals surface area contributed by atoms with Crippen molar-refractivity contribution in [1.82, 2.24) is 0 Å². The highest BCUT2D eigenvalue weighted by molar-refractivity contribution is 5.94. The Bertz CT molecular complexity index is 798. The Hall–Kier alpha value is -2.62. The molecule has 3 rings (SSSR count). The molecule has 1 aliphatic heterocycles. The van der Waals surface area contributed by atoms with E-state index in [1.54, 1.807) is 6.92 Å². The molecule has 124 valence electrons. The first-order chi connectivity index (χ1) is 11.5. The van der Waals surface area contributed by atoms with Gasteiger partial charge in [0.05, 0.1) is 0 Å². The van der Waals surface area contributed by atoms with Gasteiger partial charge in [0.25, 0.3) is 0 Å². The van der Waals surface area contributed by atoms with Gasteiger partial charge in [-0.2, -0.15) is 0 Å². The Labute approximate surface area is 142 Å². The largest absolute Gasteiger partial charge is 0.326 e. The van der Waals surface area contributed by atoms with Gasteiger partial charge in [0, 0.05) is 31.3 Å². The second kappa shape index (κ2) is 6.48. The van der Waals surface area contributed by atoms with Crippen LogP contribution in [0.4, 0.5) is 11.4 Å². The molecule has 4 heteroatoms. The molecule has 0 spiro atoms. The Morgan fingerprint density at radius 1 is 1.08 bits per heavy atom. The first-order valence-corrected chi connectivity index (χ1v) is 8.26. The fourth-order valence-electron chi connectivity index (χ4n) is 3.39. The van der Waals surface area contributed by atoms with Gasteiger partial charge in [-0.15, -0.1) is 0 Å². The highest BCUT2D eigenvalue weighted by atomic mass is 16.2. The molecule has 1 atom stereocenters. The molecule has 0 bridgehead atoms. The minimum Gasteiger partial charge on any atom is -0.326 e. The molecular formula is C20H22N2O2. The SMILES string of the molecule is CC(=O)Nc1cccc(-c2ccc3c(c2)CC[C@H](C)N3C(C)=O)c1. The van der Waals surface area contributed by atoms with E-state index in [-0.39, 0.29) is 17.9 Å². The van der Waals surface area contributed by atoms with Gasteiger partial charge < -0.3 is 10.2 Å². The average molecular weight is 322 g/mol. The topological polar surface area (TPSA) is 49.4 Å². The summed E-state index contributed by atoms with van der Waals surface area (Å²) in [5, 5.41) is 2.81. The Morgan fingerprint density at radius 3 is 2.54 bits per heavy atom. The summed E-state index contributed by atoms with van der Waals surface area (Å²) in [6.45, 7) is 5.22. The molecule has 0 radical (unpaired) electrons. The summed E-state index contributed by atoms with van der Waals surface area (Å²) in [5.41, 5.74) is 5.15. The number of nitrogens with one attached hydrogen (secondary N) is 1. The van der Waals surface area contributed by atoms with Gasteiger partial charge in [-0.3, -0.25) is 9.59 Å². The minimum atomic E-state index is -0.0799. The van der Waals surface area contributed by atoms with Crippen LogP contribution < -0.4 is 10.2 Å². The number of fused-ring (bicyclic) bond motifs is 1. The van der Waals surface area contributed by atoms with E-state index in [2.05, 4.69) is 18.3 Å². The van der Waals surface area contributed by atoms with Crippen molar-refractivity contribution in [2.24, 2.45) is 0 Å². The molecule has 0 fully saturated rings. The van der Waals surface area contributed by atoms with E-state index in [0.29, 0.717) is 0 Å². The lowest BCUT2D eigenvalue weighted by Crippen LogP contribution is -2.40. The standard InChI is InChI=1S/C20H22N2O2/c1-13-7-8-18-11-17(9-10-20(18)22(13)15(3)24)16-5-4-6-19(12-16)21-14(2)23/h4-6,9-13H,7-8H2,1-3H3,(H,21,23)/t13-/m0/s1. The first-order valence-electron chi connectivity index (χ1n) is 8.26. The highest BCUT2D eigenvalue weighted by Crippen LogP contribution is 2.34. The summed E-state index contributed by atoms with van der Waals surface area (Å²) in [5.74, 6) is 0.00698. The van der Waals surface area contributed by atoms with Gasteiger partial charge in [-0.25, -0.2) is 0 Å². The van der Waals surface area contributed by atoms with E-state index in [4.69, 9.17) is 0 Å². The lowest BCUT2D eigenvalue weighted by atomic mass is 9.93. The third-order valence-corrected chi connectivity index (χ3v) is 4.47. The molecular weight excluding hydrogens is 300 g/mol. The molecule has 1 N–H and O–H groups in total. The van der Waals surface area contributed by atoms with Crippen LogP contribution in [-0.2, 0) is 16.0 Å². The maximum atomic E-state index is 12.0. The van der Waals surface area contributed by atoms with Gasteiger partial charge in [0.2, 0.25) is 11.8 Å². The molecule has 2 amide bonds. The predicted molar refractivity (Wildman–Crippen MR) is 97.1 cm³/mol. The zero-order valence-electron chi connectivity index (χ0n) is 14.3. The van der Waals surface area contributed by atoms with Gasteiger partial charge in [0.15, 0.2) is 0 Å². The lowest BCUT2D eigenvalue weighted by Gasteiger charge is -2.34. The van der Waals surface area contributed by atoms with Crippen molar-refractivity contribution >= 4 is 23.2 Å². The van der Waals surface area contributed by atoms with E-state index in [1.165, 1.54) is 12.5 Å². The van der Waals surface area contributed by atoms with Crippen LogP contribution >= 0.6 is 0 Å². The Balaban J connectivity index is 1.97. The molecule has 0 unspecified atom stereocenters. The third-order valence-electron chi connectivity index (χ3n) is 4.47. The summed E-state index contributed by atoms with van der Waals surface area (Å²) < 4.78 is 0. The van der Waals surface area contributed by atoms with Crippen LogP contribution in [0.2, 0.25) is 0 Å². The molecule has 2 aromatic rings. The zero-order chi connectivity index (χ0) is 17.3. The van der Waals surface area contributed by atoms with Gasteiger partial charge in [-0.05, 0) is 60.7 Å². The van der Waals surface area contributed by atoms with Crippen LogP contribution in [0.5, 0.6) is 0 Å². The number of benzene rings is 2. The quantitative estimate of drug-likeness (QED) is 0.908. The van der Waals surface area contributed by atoms with E-state index in [9.17, 15) is 9.59 Å². The third kappa shape index (κ3) is 3.18. The molecule has 1 heterocycles. The zero-order valence-corrected chi connectivity index (χ0v) is 14.3. The van der Waals surface area contributed by atoms with Crippen molar-refractivity contribution in [2.75, 3.05) is 10.2 Å². The summed E-state index contributed by atoms with van der Waals surface area (Å²) in [6, 6.07) is 14.3. The summed E-state index contributed by atoms with van der Waals surface area (Å²) >= 11 is 0. The van der Waals surface area contributed by atoms with Gasteiger partial charge >= 0.3 is 0 Å². The number of carbonyl (C=O) groups is 2. The van der Waals surface area contributed by atoms with Crippen molar-refractivity contribution in [3.8, 4) is 11.1 Å². The van der Waals surface area contributed by atoms with Crippen molar-refractivity contribution in [1.29, 1.82) is 0 Å². The first kappa shape index (κ1) is 16.2. The molecule has 0 saturated heterocycles. The Kier molecular flexibility index (Phi) is 4.38. The normalized spacial score (nSPS) is 16.5. The van der Waals surface area contributed by atoms with Crippen LogP contribution in [0.15, 0.2) is 42.5 Å². The number of aryl methyl sites for hydroxylation is 1. The molecule has 0 aliphatic carbocycles. The monoisotopic (exact) mass is 322 g/mol. The van der Waals surface area contributed by atoms with Crippen LogP contribution in [0.3, 0.4) is 0 Å². The van der Waals surface area contributed by atoms with Crippen molar-refractivity contribution in [3.05, 3.63) is 48.0 Å². The van der Waals surface area contributed by atoms with Crippen LogP contribution in [0.25, 0.3) is 11.1 Å². The number of hydrogen-bond donors (Lipinski definition) is 1.